The molecule has 0 aromatic heterocycles. The fourth-order valence-corrected chi connectivity index (χ4v) is 2.57. The predicted molar refractivity (Wildman–Crippen MR) is 73.3 cm³/mol. The third-order valence-corrected chi connectivity index (χ3v) is 3.77. The van der Waals surface area contributed by atoms with Crippen LogP contribution in [-0.4, -0.2) is 29.9 Å². The molecule has 1 aromatic carbocycles. The molecule has 0 fully saturated rings. The van der Waals surface area contributed by atoms with Crippen LogP contribution in [0.1, 0.15) is 6.92 Å². The predicted octanol–water partition coefficient (Wildman–Crippen LogP) is 3.20. The van der Waals surface area contributed by atoms with Gasteiger partial charge in [0, 0.05) is 4.90 Å². The molecule has 0 aliphatic carbocycles. The number of esters is 1. The van der Waals surface area contributed by atoms with Crippen LogP contribution in [0.2, 0.25) is 0 Å². The van der Waals surface area contributed by atoms with Crippen molar-refractivity contribution in [2.24, 2.45) is 0 Å². The number of carbonyl (C=O) groups excluding carboxylic acids is 2. The highest BCUT2D eigenvalue weighted by Crippen LogP contribution is 2.27. The Hall–Kier alpha value is -1.14. The summed E-state index contributed by atoms with van der Waals surface area (Å²) in [7, 11) is 1.59. The van der Waals surface area contributed by atoms with Gasteiger partial charge in [-0.15, -0.1) is 0 Å². The van der Waals surface area contributed by atoms with E-state index in [0.717, 1.165) is 34.2 Å². The Bertz CT molecular complexity index is 403. The Morgan fingerprint density at radius 2 is 1.89 bits per heavy atom. The topological polar surface area (TPSA) is 52.6 Å². The molecule has 0 amide bonds. The van der Waals surface area contributed by atoms with Crippen molar-refractivity contribution >= 4 is 33.9 Å². The smallest absolute Gasteiger partial charge is 0.316 e. The first-order chi connectivity index (χ1) is 8.65. The van der Waals surface area contributed by atoms with Gasteiger partial charge in [0.15, 0.2) is 0 Å². The standard InChI is InChI=1S/C12H14O4S2/c1-3-16-11(13)8-17-12(14)18-10-6-4-9(15-2)5-7-10/h4-7H,3,8H2,1-2H3. The van der Waals surface area contributed by atoms with Gasteiger partial charge in [-0.2, -0.15) is 0 Å². The highest BCUT2D eigenvalue weighted by molar-refractivity contribution is 8.38. The van der Waals surface area contributed by atoms with Crippen molar-refractivity contribution in [1.29, 1.82) is 0 Å². The zero-order chi connectivity index (χ0) is 13.4. The van der Waals surface area contributed by atoms with Crippen LogP contribution in [0.25, 0.3) is 0 Å². The van der Waals surface area contributed by atoms with Gasteiger partial charge in [-0.25, -0.2) is 0 Å². The van der Waals surface area contributed by atoms with E-state index in [-0.39, 0.29) is 16.2 Å². The number of methoxy groups -OCH3 is 1. The van der Waals surface area contributed by atoms with Crippen LogP contribution in [0.5, 0.6) is 5.75 Å². The molecular weight excluding hydrogens is 272 g/mol. The second-order valence-electron chi connectivity index (χ2n) is 3.12. The van der Waals surface area contributed by atoms with Crippen LogP contribution in [0.15, 0.2) is 29.2 Å². The third-order valence-electron chi connectivity index (χ3n) is 1.87. The summed E-state index contributed by atoms with van der Waals surface area (Å²) in [6.45, 7) is 2.07. The van der Waals surface area contributed by atoms with Crippen LogP contribution in [-0.2, 0) is 9.53 Å². The quantitative estimate of drug-likeness (QED) is 0.612. The van der Waals surface area contributed by atoms with E-state index in [0.29, 0.717) is 6.61 Å². The summed E-state index contributed by atoms with van der Waals surface area (Å²) in [5.74, 6) is 0.424. The van der Waals surface area contributed by atoms with Crippen LogP contribution in [0.3, 0.4) is 0 Å². The zero-order valence-electron chi connectivity index (χ0n) is 10.2. The fourth-order valence-electron chi connectivity index (χ4n) is 1.09. The zero-order valence-corrected chi connectivity index (χ0v) is 11.8. The molecule has 0 bridgehead atoms. The van der Waals surface area contributed by atoms with E-state index in [2.05, 4.69) is 0 Å². The van der Waals surface area contributed by atoms with Crippen molar-refractivity contribution < 1.29 is 19.1 Å². The van der Waals surface area contributed by atoms with E-state index in [9.17, 15) is 9.59 Å². The first kappa shape index (κ1) is 14.9. The molecule has 4 nitrogen and oxygen atoms in total. The van der Waals surface area contributed by atoms with E-state index >= 15 is 0 Å². The van der Waals surface area contributed by atoms with Crippen LogP contribution < -0.4 is 4.74 Å². The van der Waals surface area contributed by atoms with E-state index in [1.54, 1.807) is 38.3 Å². The lowest BCUT2D eigenvalue weighted by Gasteiger charge is -2.02. The number of benzene rings is 1. The van der Waals surface area contributed by atoms with Crippen molar-refractivity contribution in [3.8, 4) is 5.75 Å². The van der Waals surface area contributed by atoms with Gasteiger partial charge in [0.25, 0.3) is 4.45 Å². The number of ether oxygens (including phenoxy) is 2. The Morgan fingerprint density at radius 1 is 1.22 bits per heavy atom. The molecule has 1 aromatic rings. The Kier molecular flexibility index (Phi) is 6.67. The average molecular weight is 286 g/mol. The summed E-state index contributed by atoms with van der Waals surface area (Å²) in [6.07, 6.45) is 0. The molecule has 0 radical (unpaired) electrons. The van der Waals surface area contributed by atoms with E-state index in [4.69, 9.17) is 9.47 Å². The summed E-state index contributed by atoms with van der Waals surface area (Å²) >= 11 is 2.03. The summed E-state index contributed by atoms with van der Waals surface area (Å²) in [5.41, 5.74) is 0. The van der Waals surface area contributed by atoms with Crippen LogP contribution >= 0.6 is 23.5 Å². The van der Waals surface area contributed by atoms with Gasteiger partial charge < -0.3 is 9.47 Å². The SMILES string of the molecule is CCOC(=O)CSC(=O)Sc1ccc(OC)cc1. The van der Waals surface area contributed by atoms with E-state index in [1.807, 2.05) is 0 Å². The molecule has 0 aliphatic heterocycles. The molecule has 0 spiro atoms. The fraction of sp³-hybridized carbons (Fsp3) is 0.333. The second kappa shape index (κ2) is 8.05. The number of carbonyl (C=O) groups is 2. The van der Waals surface area contributed by atoms with Crippen molar-refractivity contribution in [3.63, 3.8) is 0 Å². The molecule has 6 heteroatoms. The normalized spacial score (nSPS) is 9.89. The van der Waals surface area contributed by atoms with Crippen molar-refractivity contribution in [3.05, 3.63) is 24.3 Å². The van der Waals surface area contributed by atoms with Gasteiger partial charge in [-0.1, -0.05) is 11.8 Å². The first-order valence-electron chi connectivity index (χ1n) is 5.30. The molecule has 0 saturated heterocycles. The lowest BCUT2D eigenvalue weighted by atomic mass is 10.3. The molecule has 0 atom stereocenters. The molecular formula is C12H14O4S2. The van der Waals surface area contributed by atoms with Crippen LogP contribution in [0, 0.1) is 0 Å². The molecule has 0 unspecified atom stereocenters. The average Bonchev–Trinajstić information content (AvgIpc) is 2.38. The number of thioether (sulfide) groups is 2. The van der Waals surface area contributed by atoms with Crippen molar-refractivity contribution in [2.45, 2.75) is 11.8 Å². The van der Waals surface area contributed by atoms with E-state index < -0.39 is 0 Å². The first-order valence-corrected chi connectivity index (χ1v) is 7.10. The maximum atomic E-state index is 11.6. The monoisotopic (exact) mass is 286 g/mol. The van der Waals surface area contributed by atoms with Gasteiger partial charge in [-0.3, -0.25) is 9.59 Å². The molecule has 0 aliphatic rings. The Morgan fingerprint density at radius 3 is 2.44 bits per heavy atom. The third kappa shape index (κ3) is 5.46. The second-order valence-corrected chi connectivity index (χ2v) is 5.37. The van der Waals surface area contributed by atoms with Gasteiger partial charge in [0.2, 0.25) is 0 Å². The summed E-state index contributed by atoms with van der Waals surface area (Å²) < 4.78 is 9.62. The largest absolute Gasteiger partial charge is 0.497 e. The Labute approximate surface area is 114 Å². The lowest BCUT2D eigenvalue weighted by molar-refractivity contribution is -0.139. The highest BCUT2D eigenvalue weighted by Gasteiger charge is 2.10. The number of hydrogen-bond donors (Lipinski definition) is 0. The Balaban J connectivity index is 2.37. The molecule has 0 N–H and O–H groups in total. The molecule has 0 heterocycles. The van der Waals surface area contributed by atoms with Gasteiger partial charge in [0.1, 0.15) is 5.75 Å². The lowest BCUT2D eigenvalue weighted by Crippen LogP contribution is -2.07. The summed E-state index contributed by atoms with van der Waals surface area (Å²) in [6, 6.07) is 7.16. The van der Waals surface area contributed by atoms with Crippen molar-refractivity contribution in [1.82, 2.24) is 0 Å². The summed E-state index contributed by atoms with van der Waals surface area (Å²) in [4.78, 5) is 23.4. The molecule has 1 rings (SSSR count). The maximum Gasteiger partial charge on any atom is 0.316 e. The van der Waals surface area contributed by atoms with Crippen LogP contribution in [0.4, 0.5) is 4.79 Å². The van der Waals surface area contributed by atoms with Gasteiger partial charge in [-0.05, 0) is 43.0 Å². The molecule has 0 saturated carbocycles. The maximum absolute atomic E-state index is 11.6. The summed E-state index contributed by atoms with van der Waals surface area (Å²) in [5, 5.41) is 0. The number of hydrogen-bond acceptors (Lipinski definition) is 6. The van der Waals surface area contributed by atoms with Crippen molar-refractivity contribution in [2.75, 3.05) is 19.5 Å². The highest BCUT2D eigenvalue weighted by atomic mass is 32.2. The minimum Gasteiger partial charge on any atom is -0.497 e. The van der Waals surface area contributed by atoms with Gasteiger partial charge in [0.05, 0.1) is 19.5 Å². The minimum absolute atomic E-state index is 0.0514. The number of rotatable bonds is 5. The minimum atomic E-state index is -0.369. The van der Waals surface area contributed by atoms with E-state index in [1.165, 1.54) is 0 Å². The molecule has 18 heavy (non-hydrogen) atoms. The van der Waals surface area contributed by atoms with Gasteiger partial charge >= 0.3 is 5.97 Å². The molecule has 98 valence electrons.